The first-order valence-electron chi connectivity index (χ1n) is 0.760. The zero-order chi connectivity index (χ0) is 6.00. The molecule has 0 atom stereocenters. The molecule has 8 heteroatoms. The van der Waals surface area contributed by atoms with Gasteiger partial charge >= 0.3 is 40.1 Å². The van der Waals surface area contributed by atoms with Crippen LogP contribution in [0.15, 0.2) is 0 Å². The van der Waals surface area contributed by atoms with E-state index in [-0.39, 0.29) is 42.1 Å². The van der Waals surface area contributed by atoms with Crippen molar-refractivity contribution in [3.8, 4) is 0 Å². The van der Waals surface area contributed by atoms with Gasteiger partial charge in [0, 0.05) is 42.1 Å². The zero-order valence-corrected chi connectivity index (χ0v) is 12.5. The van der Waals surface area contributed by atoms with E-state index in [0.29, 0.717) is 32.4 Å². The van der Waals surface area contributed by atoms with Crippen molar-refractivity contribution in [3.05, 3.63) is 0 Å². The first-order valence-corrected chi connectivity index (χ1v) is 3.38. The topological polar surface area (TPSA) is 34.1 Å². The van der Waals surface area contributed by atoms with Crippen LogP contribution >= 0.6 is 11.7 Å². The van der Waals surface area contributed by atoms with E-state index in [1.54, 1.807) is 0 Å². The molecule has 0 aromatic rings. The zero-order valence-electron chi connectivity index (χ0n) is 3.90. The van der Waals surface area contributed by atoms with Crippen LogP contribution in [0.2, 0.25) is 0 Å². The Labute approximate surface area is 104 Å². The third-order valence-corrected chi connectivity index (χ3v) is 0. The first-order chi connectivity index (χ1) is 3.00. The van der Waals surface area contributed by atoms with Gasteiger partial charge in [0.25, 0.3) is 0 Å². The fraction of sp³-hybridized carbons (Fsp3) is 0. The van der Waals surface area contributed by atoms with Crippen LogP contribution < -0.4 is 0 Å². The molecule has 0 aromatic heterocycles. The molecule has 0 amide bonds. The Hall–Kier alpha value is 2.74. The summed E-state index contributed by atoms with van der Waals surface area (Å²) < 4.78 is 16.6. The minimum absolute atomic E-state index is 0. The fourth-order valence-electron chi connectivity index (χ4n) is 0. The summed E-state index contributed by atoms with van der Waals surface area (Å²) in [6.07, 6.45) is 0. The van der Waals surface area contributed by atoms with Gasteiger partial charge in [0.2, 0.25) is 0 Å². The smallest absolute Gasteiger partial charge is 0.350 e. The Morgan fingerprint density at radius 2 is 0.875 bits per heavy atom. The average Bonchev–Trinajstić information content (AvgIpc) is 1.81. The molecule has 0 saturated heterocycles. The molecule has 0 heterocycles. The molecular formula is H3Al2Mo2O2S2-. The monoisotopic (exact) mass is 349 g/mol. The first kappa shape index (κ1) is 30.9. The van der Waals surface area contributed by atoms with E-state index in [2.05, 4.69) is 23.3 Å². The van der Waals surface area contributed by atoms with E-state index in [1.807, 2.05) is 0 Å². The van der Waals surface area contributed by atoms with E-state index in [0.717, 1.165) is 0 Å². The van der Waals surface area contributed by atoms with E-state index < -0.39 is 0 Å². The second-order valence-corrected chi connectivity index (χ2v) is 0. The van der Waals surface area contributed by atoms with Gasteiger partial charge < -0.3 is 23.3 Å². The maximum atomic E-state index is 8.28. The molecule has 0 aliphatic rings. The van der Waals surface area contributed by atoms with Gasteiger partial charge in [0.15, 0.2) is 0 Å². The van der Waals surface area contributed by atoms with Gasteiger partial charge in [-0.05, 0) is 0 Å². The summed E-state index contributed by atoms with van der Waals surface area (Å²) in [6, 6.07) is 0. The van der Waals surface area contributed by atoms with Crippen molar-refractivity contribution in [1.29, 1.82) is 0 Å². The summed E-state index contributed by atoms with van der Waals surface area (Å²) in [7, 11) is 0. The van der Waals surface area contributed by atoms with Crippen LogP contribution in [-0.2, 0) is 61.4 Å². The minimum atomic E-state index is 0. The normalized spacial score (nSPS) is 1.50. The standard InChI is InChI=1S/2Al.2Mo.2O.H2S2.2H/c;;;;;;1-2;;/h;;;;;;1-2H;;/p-1. The van der Waals surface area contributed by atoms with E-state index in [1.165, 1.54) is 0 Å². The van der Waals surface area contributed by atoms with Gasteiger partial charge in [-0.2, -0.15) is 0 Å². The molecular weight excluding hydrogens is 342 g/mol. The Morgan fingerprint density at radius 1 is 0.875 bits per heavy atom. The molecule has 0 fully saturated rings. The molecule has 0 radical (unpaired) electrons. The second kappa shape index (κ2) is 99.0. The number of rotatable bonds is 0. The summed E-state index contributed by atoms with van der Waals surface area (Å²) in [5, 5.41) is 0. The van der Waals surface area contributed by atoms with Gasteiger partial charge in [-0.1, -0.05) is 0 Å². The SMILES string of the molecule is [Mo].[Mo].[O]=[AlH].[O]=[AlH].[S-]S. The van der Waals surface area contributed by atoms with Crippen molar-refractivity contribution in [2.24, 2.45) is 0 Å². The van der Waals surface area contributed by atoms with Crippen molar-refractivity contribution in [3.63, 3.8) is 0 Å². The van der Waals surface area contributed by atoms with Gasteiger partial charge in [-0.25, -0.2) is 0 Å². The molecule has 0 saturated carbocycles. The summed E-state index contributed by atoms with van der Waals surface area (Å²) in [5.74, 6) is 0. The van der Waals surface area contributed by atoms with Crippen molar-refractivity contribution >= 4 is 55.8 Å². The predicted octanol–water partition coefficient (Wildman–Crippen LogP) is -1.16. The summed E-state index contributed by atoms with van der Waals surface area (Å²) >= 11 is 8.11. The molecule has 0 bridgehead atoms. The summed E-state index contributed by atoms with van der Waals surface area (Å²) in [4.78, 5) is 0. The van der Waals surface area contributed by atoms with Gasteiger partial charge in [0.1, 0.15) is 0 Å². The van der Waals surface area contributed by atoms with E-state index >= 15 is 0 Å². The van der Waals surface area contributed by atoms with Crippen LogP contribution in [0.5, 0.6) is 0 Å². The summed E-state index contributed by atoms with van der Waals surface area (Å²) in [5.41, 5.74) is 0. The molecule has 0 rings (SSSR count). The Balaban J connectivity index is -0.00000000500. The van der Waals surface area contributed by atoms with Crippen LogP contribution in [0.25, 0.3) is 0 Å². The van der Waals surface area contributed by atoms with Crippen molar-refractivity contribution in [2.75, 3.05) is 0 Å². The average molecular weight is 345 g/mol. The van der Waals surface area contributed by atoms with Crippen LogP contribution in [0.4, 0.5) is 0 Å². The molecule has 46 valence electrons. The number of thiol groups is 1. The quantitative estimate of drug-likeness (QED) is 0.260. The Morgan fingerprint density at radius 3 is 0.875 bits per heavy atom. The maximum Gasteiger partial charge on any atom is -0.350 e. The van der Waals surface area contributed by atoms with Crippen LogP contribution in [0.3, 0.4) is 0 Å². The Kier molecular flexibility index (Phi) is 383. The second-order valence-electron chi connectivity index (χ2n) is 0. The van der Waals surface area contributed by atoms with Crippen LogP contribution in [-0.4, -0.2) is 32.4 Å². The van der Waals surface area contributed by atoms with Crippen LogP contribution in [0.1, 0.15) is 0 Å². The van der Waals surface area contributed by atoms with Crippen molar-refractivity contribution < 1.29 is 49.7 Å². The minimum Gasteiger partial charge on any atom is -0.723 e. The molecule has 8 heavy (non-hydrogen) atoms. The molecule has 0 spiro atoms. The molecule has 0 aliphatic heterocycles. The van der Waals surface area contributed by atoms with Gasteiger partial charge in [-0.15, -0.1) is 0 Å². The molecule has 0 aromatic carbocycles. The van der Waals surface area contributed by atoms with E-state index in [4.69, 9.17) is 7.61 Å². The number of hydrogen-bond donors (Lipinski definition) is 1. The maximum absolute atomic E-state index is 8.28. The van der Waals surface area contributed by atoms with Crippen molar-refractivity contribution in [1.82, 2.24) is 0 Å². The third kappa shape index (κ3) is 69.7. The predicted molar refractivity (Wildman–Crippen MR) is 32.0 cm³/mol. The Bertz CT molecular complexity index is 18.0. The largest absolute Gasteiger partial charge is 0.723 e. The fourth-order valence-corrected chi connectivity index (χ4v) is 0. The molecule has 2 nitrogen and oxygen atoms in total. The van der Waals surface area contributed by atoms with E-state index in [9.17, 15) is 0 Å². The van der Waals surface area contributed by atoms with Crippen LogP contribution in [0, 0.1) is 0 Å². The van der Waals surface area contributed by atoms with Gasteiger partial charge in [-0.3, -0.25) is 0 Å². The third-order valence-electron chi connectivity index (χ3n) is 0. The molecule has 0 aliphatic carbocycles. The summed E-state index contributed by atoms with van der Waals surface area (Å²) in [6.45, 7) is 0. The molecule has 0 unspecified atom stereocenters. The molecule has 0 N–H and O–H groups in total. The van der Waals surface area contributed by atoms with Crippen molar-refractivity contribution in [2.45, 2.75) is 0 Å². The van der Waals surface area contributed by atoms with Gasteiger partial charge in [0.05, 0.1) is 0 Å². The number of hydrogen-bond acceptors (Lipinski definition) is 4.